The molecule has 1 N–H and O–H groups in total. The van der Waals surface area contributed by atoms with E-state index in [0.29, 0.717) is 5.41 Å². The van der Waals surface area contributed by atoms with Gasteiger partial charge >= 0.3 is 0 Å². The molecular weight excluding hydrogens is 585 g/mol. The monoisotopic (exact) mass is 655 g/mol. The summed E-state index contributed by atoms with van der Waals surface area (Å²) in [6, 6.07) is 0. The van der Waals surface area contributed by atoms with Crippen molar-refractivity contribution in [2.45, 2.75) is 191 Å². The Labute approximate surface area is 260 Å². The lowest BCUT2D eigenvalue weighted by Gasteiger charge is -2.37. The van der Waals surface area contributed by atoms with Gasteiger partial charge in [0.25, 0.3) is 0 Å². The summed E-state index contributed by atoms with van der Waals surface area (Å²) in [5, 5.41) is 3.64. The smallest absolute Gasteiger partial charge is 0.0189 e. The minimum Gasteiger partial charge on any atom is -0.317 e. The van der Waals surface area contributed by atoms with Crippen LogP contribution in [0.25, 0.3) is 0 Å². The van der Waals surface area contributed by atoms with E-state index in [1.807, 2.05) is 0 Å². The number of hydrogen-bond acceptors (Lipinski definition) is 1. The maximum absolute atomic E-state index is 3.64. The summed E-state index contributed by atoms with van der Waals surface area (Å²) in [4.78, 5) is 0. The third-order valence-electron chi connectivity index (χ3n) is 10.1. The van der Waals surface area contributed by atoms with Crippen molar-refractivity contribution in [3.63, 3.8) is 0 Å². The van der Waals surface area contributed by atoms with Gasteiger partial charge in [0.1, 0.15) is 0 Å². The van der Waals surface area contributed by atoms with Gasteiger partial charge in [-0.25, -0.2) is 0 Å². The molecule has 1 heterocycles. The second-order valence-electron chi connectivity index (χ2n) is 14.2. The summed E-state index contributed by atoms with van der Waals surface area (Å²) in [7, 11) is 0. The van der Waals surface area contributed by atoms with Crippen molar-refractivity contribution in [2.24, 2.45) is 17.3 Å². The molecule has 2 atom stereocenters. The van der Waals surface area contributed by atoms with E-state index in [9.17, 15) is 0 Å². The molecule has 1 saturated carbocycles. The van der Waals surface area contributed by atoms with E-state index in [-0.39, 0.29) is 0 Å². The Morgan fingerprint density at radius 2 is 1.13 bits per heavy atom. The number of nitrogens with one attached hydrogen (secondary N) is 1. The molecule has 0 amide bonds. The molecule has 0 aromatic heterocycles. The van der Waals surface area contributed by atoms with Crippen molar-refractivity contribution >= 4 is 22.6 Å². The van der Waals surface area contributed by atoms with Gasteiger partial charge in [-0.2, -0.15) is 0 Å². The summed E-state index contributed by atoms with van der Waals surface area (Å²) in [5.41, 5.74) is 0.467. The van der Waals surface area contributed by atoms with Crippen molar-refractivity contribution in [3.8, 4) is 0 Å². The zero-order valence-corrected chi connectivity index (χ0v) is 28.9. The topological polar surface area (TPSA) is 12.0 Å². The van der Waals surface area contributed by atoms with Crippen molar-refractivity contribution in [1.82, 2.24) is 5.32 Å². The summed E-state index contributed by atoms with van der Waals surface area (Å²) in [5.74, 6) is 1.85. The Kier molecular flexibility index (Phi) is 21.9. The lowest BCUT2D eigenvalue weighted by atomic mass is 9.75. The maximum Gasteiger partial charge on any atom is 0.0189 e. The highest BCUT2D eigenvalue weighted by atomic mass is 127. The Hall–Kier alpha value is 0.430. The summed E-state index contributed by atoms with van der Waals surface area (Å²) >= 11 is 2.91. The summed E-state index contributed by atoms with van der Waals surface area (Å²) in [6.45, 7) is 7.68. The van der Waals surface area contributed by atoms with Gasteiger partial charge in [0.15, 0.2) is 0 Å². The first kappa shape index (κ1) is 35.6. The molecule has 0 bridgehead atoms. The third-order valence-corrected chi connectivity index (χ3v) is 12.8. The Morgan fingerprint density at radius 3 is 1.72 bits per heavy atom. The normalized spacial score (nSPS) is 26.2. The van der Waals surface area contributed by atoms with Gasteiger partial charge in [-0.3, -0.25) is 0 Å². The van der Waals surface area contributed by atoms with Crippen molar-refractivity contribution in [3.05, 3.63) is 12.2 Å². The van der Waals surface area contributed by atoms with Crippen molar-refractivity contribution < 1.29 is 0 Å². The number of allylic oxidation sites excluding steroid dienone is 2. The van der Waals surface area contributed by atoms with Gasteiger partial charge in [-0.15, -0.1) is 0 Å². The van der Waals surface area contributed by atoms with Crippen LogP contribution in [0.3, 0.4) is 0 Å². The van der Waals surface area contributed by atoms with Gasteiger partial charge in [0.05, 0.1) is 0 Å². The molecule has 2 unspecified atom stereocenters. The second kappa shape index (κ2) is 23.9. The molecule has 0 saturated heterocycles. The standard InChI is InChI=1S/C37H70IN/c1-37(2,31-25-28-34-26-19-13-12-17-23-32-39-33-24-18-16-20-27-34)36(38)35-29-21-14-10-8-6-4-3-5-7-9-11-15-22-30-35/h13,19,34-36,39H,3-12,14-18,20-33H2,1-2H3/b19-13-. The van der Waals surface area contributed by atoms with E-state index < -0.39 is 0 Å². The van der Waals surface area contributed by atoms with E-state index in [2.05, 4.69) is 53.9 Å². The van der Waals surface area contributed by atoms with Crippen LogP contribution in [-0.2, 0) is 0 Å². The van der Waals surface area contributed by atoms with Crippen LogP contribution in [0, 0.1) is 17.3 Å². The first-order chi connectivity index (χ1) is 19.1. The van der Waals surface area contributed by atoms with Crippen LogP contribution >= 0.6 is 22.6 Å². The first-order valence-electron chi connectivity index (χ1n) is 18.1. The molecule has 0 spiro atoms. The molecule has 2 rings (SSSR count). The zero-order chi connectivity index (χ0) is 27.9. The van der Waals surface area contributed by atoms with Gasteiger partial charge in [0, 0.05) is 3.92 Å². The van der Waals surface area contributed by atoms with E-state index >= 15 is 0 Å². The Bertz CT molecular complexity index is 554. The maximum atomic E-state index is 3.64. The predicted octanol–water partition coefficient (Wildman–Crippen LogP) is 12.8. The van der Waals surface area contributed by atoms with Crippen LogP contribution in [0.2, 0.25) is 0 Å². The number of hydrogen-bond donors (Lipinski definition) is 1. The minimum absolute atomic E-state index is 0.467. The molecule has 1 fully saturated rings. The molecule has 230 valence electrons. The van der Waals surface area contributed by atoms with E-state index in [0.717, 1.165) is 15.8 Å². The van der Waals surface area contributed by atoms with Crippen LogP contribution < -0.4 is 5.32 Å². The van der Waals surface area contributed by atoms with E-state index in [4.69, 9.17) is 0 Å². The molecule has 1 aliphatic carbocycles. The zero-order valence-electron chi connectivity index (χ0n) is 26.8. The second-order valence-corrected chi connectivity index (χ2v) is 15.6. The highest BCUT2D eigenvalue weighted by Gasteiger charge is 2.33. The lowest BCUT2D eigenvalue weighted by molar-refractivity contribution is 0.235. The molecule has 2 heteroatoms. The van der Waals surface area contributed by atoms with Gasteiger partial charge in [-0.1, -0.05) is 171 Å². The fourth-order valence-corrected chi connectivity index (χ4v) is 8.31. The van der Waals surface area contributed by atoms with Crippen LogP contribution in [0.1, 0.15) is 187 Å². The fourth-order valence-electron chi connectivity index (χ4n) is 7.28. The largest absolute Gasteiger partial charge is 0.317 e. The van der Waals surface area contributed by atoms with Gasteiger partial charge < -0.3 is 5.32 Å². The molecule has 1 nitrogen and oxygen atoms in total. The molecular formula is C37H70IN. The van der Waals surface area contributed by atoms with Gasteiger partial charge in [-0.05, 0) is 81.7 Å². The van der Waals surface area contributed by atoms with E-state index in [1.165, 1.54) is 186 Å². The average Bonchev–Trinajstić information content (AvgIpc) is 2.93. The molecule has 1 aliphatic heterocycles. The van der Waals surface area contributed by atoms with Crippen LogP contribution in [0.15, 0.2) is 12.2 Å². The average molecular weight is 656 g/mol. The minimum atomic E-state index is 0.467. The SMILES string of the molecule is CC(C)(CCCC1C/C=C\CCCCNCCCCCC1)C(I)C1CCCCCCCCCCCCCCC1. The van der Waals surface area contributed by atoms with Crippen molar-refractivity contribution in [1.29, 1.82) is 0 Å². The summed E-state index contributed by atoms with van der Waals surface area (Å²) in [6.07, 6.45) is 44.0. The van der Waals surface area contributed by atoms with Crippen LogP contribution in [0.4, 0.5) is 0 Å². The van der Waals surface area contributed by atoms with Crippen LogP contribution in [-0.4, -0.2) is 17.0 Å². The molecule has 2 aliphatic rings. The molecule has 0 aromatic carbocycles. The van der Waals surface area contributed by atoms with Crippen LogP contribution in [0.5, 0.6) is 0 Å². The molecule has 39 heavy (non-hydrogen) atoms. The third kappa shape index (κ3) is 18.6. The Morgan fingerprint density at radius 1 is 0.641 bits per heavy atom. The van der Waals surface area contributed by atoms with Crippen molar-refractivity contribution in [2.75, 3.05) is 13.1 Å². The molecule has 0 aromatic rings. The highest BCUT2D eigenvalue weighted by Crippen LogP contribution is 2.42. The quantitative estimate of drug-likeness (QED) is 0.171. The number of halogens is 1. The lowest BCUT2D eigenvalue weighted by Crippen LogP contribution is -2.31. The number of rotatable bonds is 6. The summed E-state index contributed by atoms with van der Waals surface area (Å²) < 4.78 is 0.829. The number of alkyl halides is 1. The Balaban J connectivity index is 1.82. The first-order valence-corrected chi connectivity index (χ1v) is 19.3. The van der Waals surface area contributed by atoms with E-state index in [1.54, 1.807) is 0 Å². The molecule has 0 radical (unpaired) electrons. The highest BCUT2D eigenvalue weighted by molar-refractivity contribution is 14.1. The predicted molar refractivity (Wildman–Crippen MR) is 185 cm³/mol. The fraction of sp³-hybridized carbons (Fsp3) is 0.946. The van der Waals surface area contributed by atoms with Gasteiger partial charge in [0.2, 0.25) is 0 Å².